The molecule has 0 saturated carbocycles. The lowest BCUT2D eigenvalue weighted by molar-refractivity contribution is 0.462. The SMILES string of the molecule is CC(C)(C)CS(=O)(=O)c1cccc(-c2ccc(Cn3cnn(C/C(=C/F)CN)c3=O)s2)c1. The molecule has 32 heavy (non-hydrogen) atoms. The van der Waals surface area contributed by atoms with Gasteiger partial charge in [0.05, 0.1) is 30.1 Å². The molecule has 3 aromatic rings. The van der Waals surface area contributed by atoms with E-state index in [-0.39, 0.29) is 35.5 Å². The van der Waals surface area contributed by atoms with E-state index in [1.54, 1.807) is 18.2 Å². The third-order valence-electron chi connectivity index (χ3n) is 4.65. The monoisotopic (exact) mass is 478 g/mol. The number of rotatable bonds is 8. The van der Waals surface area contributed by atoms with E-state index in [9.17, 15) is 17.6 Å². The van der Waals surface area contributed by atoms with Crippen LogP contribution in [0.2, 0.25) is 0 Å². The van der Waals surface area contributed by atoms with Gasteiger partial charge in [0.15, 0.2) is 9.84 Å². The lowest BCUT2D eigenvalue weighted by atomic mass is 10.0. The van der Waals surface area contributed by atoms with Crippen LogP contribution < -0.4 is 11.4 Å². The summed E-state index contributed by atoms with van der Waals surface area (Å²) in [6.45, 7) is 6.01. The minimum Gasteiger partial charge on any atom is -0.327 e. The van der Waals surface area contributed by atoms with Gasteiger partial charge in [-0.05, 0) is 40.8 Å². The molecule has 0 aliphatic rings. The molecule has 2 aromatic heterocycles. The first-order valence-electron chi connectivity index (χ1n) is 10.0. The predicted molar refractivity (Wildman–Crippen MR) is 125 cm³/mol. The molecule has 2 heterocycles. The van der Waals surface area contributed by atoms with Crippen molar-refractivity contribution >= 4 is 21.2 Å². The summed E-state index contributed by atoms with van der Waals surface area (Å²) in [5.74, 6) is 0.0650. The third-order valence-corrected chi connectivity index (χ3v) is 7.99. The molecule has 0 bridgehead atoms. The fourth-order valence-corrected chi connectivity index (χ4v) is 6.11. The van der Waals surface area contributed by atoms with Crippen LogP contribution in [-0.4, -0.2) is 35.1 Å². The average molecular weight is 479 g/mol. The van der Waals surface area contributed by atoms with E-state index in [1.165, 1.54) is 22.2 Å². The van der Waals surface area contributed by atoms with Crippen molar-refractivity contribution in [2.75, 3.05) is 12.3 Å². The van der Waals surface area contributed by atoms with E-state index in [0.29, 0.717) is 17.8 Å². The van der Waals surface area contributed by atoms with Crippen molar-refractivity contribution in [3.05, 3.63) is 70.0 Å². The van der Waals surface area contributed by atoms with E-state index in [1.807, 2.05) is 39.0 Å². The van der Waals surface area contributed by atoms with Crippen LogP contribution in [0.1, 0.15) is 25.6 Å². The average Bonchev–Trinajstić information content (AvgIpc) is 3.32. The van der Waals surface area contributed by atoms with Gasteiger partial charge in [-0.1, -0.05) is 32.9 Å². The minimum atomic E-state index is -3.40. The highest BCUT2D eigenvalue weighted by Gasteiger charge is 2.24. The number of hydrogen-bond acceptors (Lipinski definition) is 6. The standard InChI is InChI=1S/C22H27FN4O3S2/c1-22(2,3)14-32(29,30)19-6-4-5-17(9-19)20-8-7-18(31-20)13-26-15-25-27(21(26)28)12-16(10-23)11-24/h4-10,15H,11-14,24H2,1-3H3/b16-10+. The fraction of sp³-hybridized carbons (Fsp3) is 0.364. The lowest BCUT2D eigenvalue weighted by Gasteiger charge is -2.18. The maximum atomic E-state index is 12.8. The molecule has 0 fully saturated rings. The molecule has 0 spiro atoms. The summed E-state index contributed by atoms with van der Waals surface area (Å²) in [6.07, 6.45) is 1.81. The van der Waals surface area contributed by atoms with Crippen molar-refractivity contribution < 1.29 is 12.8 Å². The Bertz CT molecular complexity index is 1280. The second-order valence-corrected chi connectivity index (χ2v) is 11.9. The maximum Gasteiger partial charge on any atom is 0.346 e. The van der Waals surface area contributed by atoms with Gasteiger partial charge in [-0.25, -0.2) is 22.3 Å². The molecule has 7 nitrogen and oxygen atoms in total. The van der Waals surface area contributed by atoms with Crippen LogP contribution in [0, 0.1) is 5.41 Å². The number of nitrogens with two attached hydrogens (primary N) is 1. The predicted octanol–water partition coefficient (Wildman–Crippen LogP) is 3.45. The molecule has 0 amide bonds. The first-order chi connectivity index (χ1) is 15.0. The van der Waals surface area contributed by atoms with Crippen molar-refractivity contribution in [1.29, 1.82) is 0 Å². The lowest BCUT2D eigenvalue weighted by Crippen LogP contribution is -2.26. The highest BCUT2D eigenvalue weighted by Crippen LogP contribution is 2.31. The first kappa shape index (κ1) is 24.1. The number of sulfone groups is 1. The summed E-state index contributed by atoms with van der Waals surface area (Å²) in [7, 11) is -3.40. The molecular weight excluding hydrogens is 451 g/mol. The Hall–Kier alpha value is -2.56. The first-order valence-corrected chi connectivity index (χ1v) is 12.5. The summed E-state index contributed by atoms with van der Waals surface area (Å²) in [5, 5.41) is 4.02. The highest BCUT2D eigenvalue weighted by molar-refractivity contribution is 7.91. The molecule has 0 unspecified atom stereocenters. The molecule has 1 aromatic carbocycles. The van der Waals surface area contributed by atoms with Crippen molar-refractivity contribution in [2.24, 2.45) is 11.1 Å². The number of aromatic nitrogens is 3. The summed E-state index contributed by atoms with van der Waals surface area (Å²) in [5.41, 5.74) is 5.83. The van der Waals surface area contributed by atoms with Gasteiger partial charge in [0.25, 0.3) is 0 Å². The molecule has 0 radical (unpaired) electrons. The van der Waals surface area contributed by atoms with Crippen LogP contribution in [0.4, 0.5) is 4.39 Å². The van der Waals surface area contributed by atoms with Crippen LogP contribution >= 0.6 is 11.3 Å². The smallest absolute Gasteiger partial charge is 0.327 e. The molecule has 172 valence electrons. The van der Waals surface area contributed by atoms with Gasteiger partial charge in [-0.2, -0.15) is 5.10 Å². The molecular formula is C22H27FN4O3S2. The molecule has 0 saturated heterocycles. The summed E-state index contributed by atoms with van der Waals surface area (Å²) < 4.78 is 40.9. The van der Waals surface area contributed by atoms with Crippen LogP contribution in [0.5, 0.6) is 0 Å². The highest BCUT2D eigenvalue weighted by atomic mass is 32.2. The quantitative estimate of drug-likeness (QED) is 0.535. The summed E-state index contributed by atoms with van der Waals surface area (Å²) in [4.78, 5) is 14.6. The fourth-order valence-electron chi connectivity index (χ4n) is 3.21. The van der Waals surface area contributed by atoms with E-state index in [2.05, 4.69) is 5.10 Å². The minimum absolute atomic E-state index is 0.00432. The maximum absolute atomic E-state index is 12.8. The Morgan fingerprint density at radius 3 is 2.66 bits per heavy atom. The molecule has 3 rings (SSSR count). The van der Waals surface area contributed by atoms with Gasteiger partial charge in [-0.15, -0.1) is 11.3 Å². The number of halogens is 1. The van der Waals surface area contributed by atoms with Crippen molar-refractivity contribution in [3.8, 4) is 10.4 Å². The molecule has 10 heteroatoms. The second kappa shape index (κ2) is 9.51. The van der Waals surface area contributed by atoms with Gasteiger partial charge in [-0.3, -0.25) is 4.57 Å². The molecule has 0 aliphatic heterocycles. The van der Waals surface area contributed by atoms with Gasteiger partial charge in [0.1, 0.15) is 6.33 Å². The Morgan fingerprint density at radius 2 is 2.00 bits per heavy atom. The Kier molecular flexibility index (Phi) is 7.16. The number of thiophene rings is 1. The number of nitrogens with zero attached hydrogens (tertiary/aromatic N) is 3. The summed E-state index contributed by atoms with van der Waals surface area (Å²) >= 11 is 1.47. The van der Waals surface area contributed by atoms with E-state index in [0.717, 1.165) is 20.0 Å². The van der Waals surface area contributed by atoms with E-state index >= 15 is 0 Å². The van der Waals surface area contributed by atoms with Crippen LogP contribution in [0.15, 0.2) is 64.3 Å². The van der Waals surface area contributed by atoms with Gasteiger partial charge in [0.2, 0.25) is 0 Å². The topological polar surface area (TPSA) is 100.0 Å². The number of hydrogen-bond donors (Lipinski definition) is 1. The largest absolute Gasteiger partial charge is 0.346 e. The number of benzene rings is 1. The Balaban J connectivity index is 1.80. The molecule has 0 atom stereocenters. The normalized spacial score (nSPS) is 13.0. The second-order valence-electron chi connectivity index (χ2n) is 8.78. The third kappa shape index (κ3) is 5.81. The van der Waals surface area contributed by atoms with E-state index in [4.69, 9.17) is 5.73 Å². The zero-order valence-corrected chi connectivity index (χ0v) is 19.9. The van der Waals surface area contributed by atoms with Gasteiger partial charge >= 0.3 is 5.69 Å². The van der Waals surface area contributed by atoms with Gasteiger partial charge in [0, 0.05) is 16.3 Å². The zero-order chi connectivity index (χ0) is 23.5. The zero-order valence-electron chi connectivity index (χ0n) is 18.3. The van der Waals surface area contributed by atoms with Crippen LogP contribution in [0.25, 0.3) is 10.4 Å². The summed E-state index contributed by atoms with van der Waals surface area (Å²) in [6, 6.07) is 10.7. The van der Waals surface area contributed by atoms with Crippen molar-refractivity contribution in [3.63, 3.8) is 0 Å². The van der Waals surface area contributed by atoms with Gasteiger partial charge < -0.3 is 5.73 Å². The van der Waals surface area contributed by atoms with Crippen molar-refractivity contribution in [2.45, 2.75) is 38.8 Å². The van der Waals surface area contributed by atoms with Crippen LogP contribution in [0.3, 0.4) is 0 Å². The van der Waals surface area contributed by atoms with Crippen molar-refractivity contribution in [1.82, 2.24) is 14.3 Å². The Morgan fingerprint density at radius 1 is 1.25 bits per heavy atom. The molecule has 0 aliphatic carbocycles. The Labute approximate surface area is 190 Å². The molecule has 2 N–H and O–H groups in total. The van der Waals surface area contributed by atoms with E-state index < -0.39 is 9.84 Å². The van der Waals surface area contributed by atoms with Crippen LogP contribution in [-0.2, 0) is 22.9 Å².